The molecule has 32 heavy (non-hydrogen) atoms. The van der Waals surface area contributed by atoms with Gasteiger partial charge in [-0.15, -0.1) is 0 Å². The van der Waals surface area contributed by atoms with Gasteiger partial charge in [0.2, 0.25) is 5.95 Å². The molecule has 0 amide bonds. The lowest BCUT2D eigenvalue weighted by Gasteiger charge is -2.29. The van der Waals surface area contributed by atoms with Gasteiger partial charge >= 0.3 is 0 Å². The van der Waals surface area contributed by atoms with E-state index in [1.807, 2.05) is 43.3 Å². The number of anilines is 2. The third-order valence-electron chi connectivity index (χ3n) is 5.99. The third-order valence-corrected chi connectivity index (χ3v) is 5.99. The average Bonchev–Trinajstić information content (AvgIpc) is 2.77. The second-order valence-corrected chi connectivity index (χ2v) is 8.60. The third kappa shape index (κ3) is 5.59. The minimum absolute atomic E-state index is 0. The summed E-state index contributed by atoms with van der Waals surface area (Å²) in [6, 6.07) is 13.5. The number of benzene rings is 2. The van der Waals surface area contributed by atoms with Gasteiger partial charge in [-0.3, -0.25) is 0 Å². The number of phenols is 2. The SMILES string of the molecule is C.CN(C)c1nc(NC2CCC(CNCc3ccc(O)c(O)c3)CC2)nc2ccccc12. The van der Waals surface area contributed by atoms with Crippen molar-refractivity contribution >= 4 is 22.7 Å². The lowest BCUT2D eigenvalue weighted by Crippen LogP contribution is -2.31. The number of fused-ring (bicyclic) bond motifs is 1. The molecule has 0 unspecified atom stereocenters. The van der Waals surface area contributed by atoms with Gasteiger partial charge in [-0.25, -0.2) is 4.98 Å². The maximum Gasteiger partial charge on any atom is 0.225 e. The predicted octanol–water partition coefficient (Wildman–Crippen LogP) is 4.50. The van der Waals surface area contributed by atoms with Crippen LogP contribution in [0.1, 0.15) is 38.7 Å². The van der Waals surface area contributed by atoms with Crippen LogP contribution in [-0.4, -0.2) is 46.9 Å². The largest absolute Gasteiger partial charge is 0.504 e. The lowest BCUT2D eigenvalue weighted by molar-refractivity contribution is 0.323. The van der Waals surface area contributed by atoms with Crippen LogP contribution in [0.3, 0.4) is 0 Å². The van der Waals surface area contributed by atoms with Gasteiger partial charge in [-0.2, -0.15) is 4.98 Å². The smallest absolute Gasteiger partial charge is 0.225 e. The van der Waals surface area contributed by atoms with Crippen molar-refractivity contribution in [3.63, 3.8) is 0 Å². The molecule has 172 valence electrons. The van der Waals surface area contributed by atoms with Crippen molar-refractivity contribution in [2.45, 2.75) is 45.7 Å². The maximum absolute atomic E-state index is 9.61. The normalized spacial score (nSPS) is 18.2. The molecule has 0 saturated heterocycles. The van der Waals surface area contributed by atoms with E-state index in [2.05, 4.69) is 16.7 Å². The van der Waals surface area contributed by atoms with Crippen molar-refractivity contribution in [1.29, 1.82) is 0 Å². The van der Waals surface area contributed by atoms with Gasteiger partial charge in [-0.05, 0) is 68.0 Å². The topological polar surface area (TPSA) is 93.5 Å². The van der Waals surface area contributed by atoms with Gasteiger partial charge in [0, 0.05) is 32.1 Å². The molecule has 1 fully saturated rings. The molecule has 0 spiro atoms. The van der Waals surface area contributed by atoms with E-state index in [9.17, 15) is 10.2 Å². The molecule has 1 aliphatic carbocycles. The van der Waals surface area contributed by atoms with Crippen LogP contribution in [0.15, 0.2) is 42.5 Å². The highest BCUT2D eigenvalue weighted by atomic mass is 16.3. The first-order valence-corrected chi connectivity index (χ1v) is 10.9. The summed E-state index contributed by atoms with van der Waals surface area (Å²) in [6.07, 6.45) is 4.50. The van der Waals surface area contributed by atoms with Crippen LogP contribution in [0.2, 0.25) is 0 Å². The molecule has 3 aromatic rings. The molecule has 0 radical (unpaired) electrons. The summed E-state index contributed by atoms with van der Waals surface area (Å²) in [5, 5.41) is 27.1. The molecule has 1 aromatic heterocycles. The minimum atomic E-state index is -0.0809. The zero-order valence-corrected chi connectivity index (χ0v) is 18.2. The van der Waals surface area contributed by atoms with Crippen molar-refractivity contribution in [3.05, 3.63) is 48.0 Å². The fourth-order valence-corrected chi connectivity index (χ4v) is 4.26. The van der Waals surface area contributed by atoms with Gasteiger partial charge in [0.25, 0.3) is 0 Å². The number of hydrogen-bond acceptors (Lipinski definition) is 7. The van der Waals surface area contributed by atoms with Crippen LogP contribution in [-0.2, 0) is 6.54 Å². The Morgan fingerprint density at radius 3 is 2.44 bits per heavy atom. The minimum Gasteiger partial charge on any atom is -0.504 e. The number of rotatable bonds is 7. The van der Waals surface area contributed by atoms with E-state index in [4.69, 9.17) is 9.97 Å². The molecular formula is C25H35N5O2. The molecule has 1 saturated carbocycles. The van der Waals surface area contributed by atoms with E-state index in [-0.39, 0.29) is 18.9 Å². The summed E-state index contributed by atoms with van der Waals surface area (Å²) in [7, 11) is 4.02. The average molecular weight is 438 g/mol. The molecule has 7 heteroatoms. The van der Waals surface area contributed by atoms with Gasteiger partial charge in [0.15, 0.2) is 11.5 Å². The first-order chi connectivity index (χ1) is 15.0. The van der Waals surface area contributed by atoms with Crippen molar-refractivity contribution in [3.8, 4) is 11.5 Å². The molecule has 7 nitrogen and oxygen atoms in total. The Kier molecular flexibility index (Phi) is 7.75. The van der Waals surface area contributed by atoms with Crippen LogP contribution in [0.5, 0.6) is 11.5 Å². The summed E-state index contributed by atoms with van der Waals surface area (Å²) in [6.45, 7) is 1.63. The van der Waals surface area contributed by atoms with Gasteiger partial charge in [0.1, 0.15) is 5.82 Å². The Morgan fingerprint density at radius 2 is 1.72 bits per heavy atom. The second-order valence-electron chi connectivity index (χ2n) is 8.60. The highest BCUT2D eigenvalue weighted by Gasteiger charge is 2.22. The molecule has 1 aliphatic rings. The second kappa shape index (κ2) is 10.5. The van der Waals surface area contributed by atoms with Crippen LogP contribution >= 0.6 is 0 Å². The van der Waals surface area contributed by atoms with Crippen molar-refractivity contribution < 1.29 is 10.2 Å². The van der Waals surface area contributed by atoms with Crippen molar-refractivity contribution in [2.24, 2.45) is 5.92 Å². The Morgan fingerprint density at radius 1 is 0.969 bits per heavy atom. The van der Waals surface area contributed by atoms with Crippen LogP contribution in [0, 0.1) is 5.92 Å². The fraction of sp³-hybridized carbons (Fsp3) is 0.440. The molecule has 4 rings (SSSR count). The first-order valence-electron chi connectivity index (χ1n) is 10.9. The molecule has 0 atom stereocenters. The van der Waals surface area contributed by atoms with E-state index in [1.54, 1.807) is 6.07 Å². The van der Waals surface area contributed by atoms with Gasteiger partial charge in [0.05, 0.1) is 5.52 Å². The number of aromatic hydroxyl groups is 2. The monoisotopic (exact) mass is 437 g/mol. The number of phenolic OH excluding ortho intramolecular Hbond substituents is 2. The summed E-state index contributed by atoms with van der Waals surface area (Å²) in [4.78, 5) is 11.5. The van der Waals surface area contributed by atoms with Crippen LogP contribution in [0.25, 0.3) is 10.9 Å². The standard InChI is InChI=1S/C24H31N5O2.CH4/c1-29(2)23-19-5-3-4-6-20(19)27-24(28-23)26-18-10-7-16(8-11-18)14-25-15-17-9-12-21(30)22(31)13-17;/h3-6,9,12-13,16,18,25,30-31H,7-8,10-11,14-15H2,1-2H3,(H,26,27,28);1H4. The fourth-order valence-electron chi connectivity index (χ4n) is 4.26. The predicted molar refractivity (Wildman–Crippen MR) is 131 cm³/mol. The number of aromatic nitrogens is 2. The molecular weight excluding hydrogens is 402 g/mol. The first kappa shape index (κ1) is 23.6. The Hall–Kier alpha value is -3.06. The maximum atomic E-state index is 9.61. The van der Waals surface area contributed by atoms with Gasteiger partial charge < -0.3 is 25.7 Å². The van der Waals surface area contributed by atoms with E-state index >= 15 is 0 Å². The zero-order valence-electron chi connectivity index (χ0n) is 18.2. The summed E-state index contributed by atoms with van der Waals surface area (Å²) < 4.78 is 0. The highest BCUT2D eigenvalue weighted by Crippen LogP contribution is 2.28. The highest BCUT2D eigenvalue weighted by molar-refractivity contribution is 5.90. The number of nitrogens with zero attached hydrogens (tertiary/aromatic N) is 3. The zero-order chi connectivity index (χ0) is 21.8. The number of hydrogen-bond donors (Lipinski definition) is 4. The van der Waals surface area contributed by atoms with E-state index < -0.39 is 0 Å². The summed E-state index contributed by atoms with van der Waals surface area (Å²) in [5.41, 5.74) is 1.93. The Bertz CT molecular complexity index is 1030. The Balaban J connectivity index is 0.00000289. The summed E-state index contributed by atoms with van der Waals surface area (Å²) >= 11 is 0. The summed E-state index contributed by atoms with van der Waals surface area (Å²) in [5.74, 6) is 2.13. The quantitative estimate of drug-likeness (QED) is 0.404. The molecule has 2 aromatic carbocycles. The number of nitrogens with one attached hydrogen (secondary N) is 2. The van der Waals surface area contributed by atoms with Crippen molar-refractivity contribution in [1.82, 2.24) is 15.3 Å². The lowest BCUT2D eigenvalue weighted by atomic mass is 9.86. The van der Waals surface area contributed by atoms with Crippen LogP contribution < -0.4 is 15.5 Å². The number of para-hydroxylation sites is 1. The molecule has 0 aliphatic heterocycles. The van der Waals surface area contributed by atoms with E-state index in [0.717, 1.165) is 54.5 Å². The molecule has 0 bridgehead atoms. The Labute approximate surface area is 190 Å². The van der Waals surface area contributed by atoms with Crippen molar-refractivity contribution in [2.75, 3.05) is 30.9 Å². The van der Waals surface area contributed by atoms with E-state index in [0.29, 0.717) is 24.5 Å². The molecule has 1 heterocycles. The van der Waals surface area contributed by atoms with Crippen LogP contribution in [0.4, 0.5) is 11.8 Å². The van der Waals surface area contributed by atoms with Gasteiger partial charge in [-0.1, -0.05) is 25.6 Å². The molecule has 4 N–H and O–H groups in total. The van der Waals surface area contributed by atoms with E-state index in [1.165, 1.54) is 6.07 Å².